The second kappa shape index (κ2) is 4.59. The Morgan fingerprint density at radius 1 is 1.47 bits per heavy atom. The molecular formula is C12H11ClN2O2. The summed E-state index contributed by atoms with van der Waals surface area (Å²) in [5.41, 5.74) is 0.491. The van der Waals surface area contributed by atoms with Crippen LogP contribution in [0, 0.1) is 0 Å². The average molecular weight is 251 g/mol. The van der Waals surface area contributed by atoms with Crippen molar-refractivity contribution in [3.05, 3.63) is 47.0 Å². The molecule has 0 saturated carbocycles. The number of halogens is 1. The van der Waals surface area contributed by atoms with Crippen LogP contribution in [-0.4, -0.2) is 22.4 Å². The Bertz CT molecular complexity index is 563. The van der Waals surface area contributed by atoms with Gasteiger partial charge in [-0.25, -0.2) is 4.98 Å². The van der Waals surface area contributed by atoms with Gasteiger partial charge in [-0.2, -0.15) is 0 Å². The van der Waals surface area contributed by atoms with Gasteiger partial charge in [-0.1, -0.05) is 11.6 Å². The first-order valence-electron chi connectivity index (χ1n) is 4.99. The van der Waals surface area contributed by atoms with E-state index >= 15 is 0 Å². The summed E-state index contributed by atoms with van der Waals surface area (Å²) in [5.74, 6) is 0.761. The zero-order chi connectivity index (χ0) is 12.4. The largest absolute Gasteiger partial charge is 0.495 e. The molecule has 88 valence electrons. The third-order valence-electron chi connectivity index (χ3n) is 2.44. The number of ketones is 1. The fraction of sp³-hybridized carbons (Fsp3) is 0.167. The Labute approximate surface area is 104 Å². The van der Waals surface area contributed by atoms with Crippen molar-refractivity contribution in [2.75, 3.05) is 7.11 Å². The van der Waals surface area contributed by atoms with Gasteiger partial charge in [-0.05, 0) is 18.2 Å². The number of hydrogen-bond donors (Lipinski definition) is 0. The quantitative estimate of drug-likeness (QED) is 0.786. The first-order valence-corrected chi connectivity index (χ1v) is 5.37. The van der Waals surface area contributed by atoms with Crippen LogP contribution < -0.4 is 4.74 Å². The zero-order valence-electron chi connectivity index (χ0n) is 9.48. The third kappa shape index (κ3) is 2.17. The van der Waals surface area contributed by atoms with Gasteiger partial charge in [0.05, 0.1) is 12.1 Å². The molecule has 5 heteroatoms. The Morgan fingerprint density at radius 2 is 2.24 bits per heavy atom. The molecule has 0 bridgehead atoms. The van der Waals surface area contributed by atoms with Gasteiger partial charge in [0.15, 0.2) is 5.82 Å². The molecule has 2 rings (SSSR count). The second-order valence-corrected chi connectivity index (χ2v) is 3.95. The molecule has 0 unspecified atom stereocenters. The van der Waals surface area contributed by atoms with Crippen LogP contribution in [0.5, 0.6) is 5.75 Å². The summed E-state index contributed by atoms with van der Waals surface area (Å²) in [6.45, 7) is 0. The lowest BCUT2D eigenvalue weighted by atomic mass is 10.1. The molecule has 1 aromatic heterocycles. The van der Waals surface area contributed by atoms with Crippen molar-refractivity contribution in [3.8, 4) is 5.75 Å². The summed E-state index contributed by atoms with van der Waals surface area (Å²) >= 11 is 5.97. The highest BCUT2D eigenvalue weighted by Gasteiger charge is 2.15. The Balaban J connectivity index is 2.39. The number of nitrogens with zero attached hydrogens (tertiary/aromatic N) is 2. The lowest BCUT2D eigenvalue weighted by molar-refractivity contribution is 0.102. The summed E-state index contributed by atoms with van der Waals surface area (Å²) in [7, 11) is 3.30. The van der Waals surface area contributed by atoms with Gasteiger partial charge >= 0.3 is 0 Å². The molecule has 0 aliphatic heterocycles. The molecule has 0 spiro atoms. The van der Waals surface area contributed by atoms with E-state index in [0.29, 0.717) is 22.2 Å². The summed E-state index contributed by atoms with van der Waals surface area (Å²) < 4.78 is 6.70. The average Bonchev–Trinajstić information content (AvgIpc) is 2.74. The van der Waals surface area contributed by atoms with Crippen molar-refractivity contribution < 1.29 is 9.53 Å². The minimum absolute atomic E-state index is 0.165. The number of rotatable bonds is 3. The highest BCUT2D eigenvalue weighted by atomic mass is 35.5. The number of hydrogen-bond acceptors (Lipinski definition) is 3. The molecule has 0 aliphatic rings. The lowest BCUT2D eigenvalue weighted by Crippen LogP contribution is -2.08. The van der Waals surface area contributed by atoms with Crippen LogP contribution in [0.4, 0.5) is 0 Å². The molecule has 0 atom stereocenters. The number of benzene rings is 1. The predicted molar refractivity (Wildman–Crippen MR) is 64.6 cm³/mol. The van der Waals surface area contributed by atoms with Gasteiger partial charge in [0.25, 0.3) is 0 Å². The van der Waals surface area contributed by atoms with Crippen molar-refractivity contribution in [1.29, 1.82) is 0 Å². The van der Waals surface area contributed by atoms with E-state index in [4.69, 9.17) is 16.3 Å². The van der Waals surface area contributed by atoms with E-state index in [1.807, 2.05) is 0 Å². The Morgan fingerprint density at radius 3 is 2.76 bits per heavy atom. The van der Waals surface area contributed by atoms with Gasteiger partial charge in [0.2, 0.25) is 5.78 Å². The maximum atomic E-state index is 12.1. The normalized spacial score (nSPS) is 10.3. The smallest absolute Gasteiger partial charge is 0.228 e. The third-order valence-corrected chi connectivity index (χ3v) is 2.73. The number of methoxy groups -OCH3 is 1. The molecule has 0 radical (unpaired) electrons. The van der Waals surface area contributed by atoms with E-state index in [1.165, 1.54) is 7.11 Å². The SMILES string of the molecule is COc1ccc(C(=O)c2nccn2C)cc1Cl. The topological polar surface area (TPSA) is 44.1 Å². The van der Waals surface area contributed by atoms with Crippen LogP contribution in [0.2, 0.25) is 5.02 Å². The second-order valence-electron chi connectivity index (χ2n) is 3.54. The molecule has 2 aromatic rings. The number of carbonyl (C=O) groups excluding carboxylic acids is 1. The van der Waals surface area contributed by atoms with Gasteiger partial charge in [0.1, 0.15) is 5.75 Å². The van der Waals surface area contributed by atoms with Crippen LogP contribution in [-0.2, 0) is 7.05 Å². The van der Waals surface area contributed by atoms with Gasteiger partial charge in [0, 0.05) is 25.0 Å². The lowest BCUT2D eigenvalue weighted by Gasteiger charge is -2.05. The molecule has 1 aromatic carbocycles. The highest BCUT2D eigenvalue weighted by Crippen LogP contribution is 2.25. The molecule has 0 aliphatic carbocycles. The molecule has 1 heterocycles. The molecule has 17 heavy (non-hydrogen) atoms. The van der Waals surface area contributed by atoms with E-state index in [-0.39, 0.29) is 5.78 Å². The highest BCUT2D eigenvalue weighted by molar-refractivity contribution is 6.32. The van der Waals surface area contributed by atoms with Gasteiger partial charge in [-0.15, -0.1) is 0 Å². The molecule has 0 amide bonds. The van der Waals surface area contributed by atoms with E-state index in [2.05, 4.69) is 4.98 Å². The van der Waals surface area contributed by atoms with Crippen LogP contribution in [0.1, 0.15) is 16.2 Å². The van der Waals surface area contributed by atoms with Gasteiger partial charge < -0.3 is 9.30 Å². The number of aromatic nitrogens is 2. The number of ether oxygens (including phenoxy) is 1. The molecule has 0 saturated heterocycles. The molecule has 4 nitrogen and oxygen atoms in total. The fourth-order valence-corrected chi connectivity index (χ4v) is 1.78. The number of aryl methyl sites for hydroxylation is 1. The monoisotopic (exact) mass is 250 g/mol. The maximum absolute atomic E-state index is 12.1. The zero-order valence-corrected chi connectivity index (χ0v) is 10.2. The Hall–Kier alpha value is -1.81. The minimum Gasteiger partial charge on any atom is -0.495 e. The number of imidazole rings is 1. The van der Waals surface area contributed by atoms with E-state index in [1.54, 1.807) is 42.2 Å². The first-order chi connectivity index (χ1) is 8.13. The summed E-state index contributed by atoms with van der Waals surface area (Å²) in [6, 6.07) is 4.91. The first kappa shape index (κ1) is 11.7. The summed E-state index contributed by atoms with van der Waals surface area (Å²) in [5, 5.41) is 0.410. The molecular weight excluding hydrogens is 240 g/mol. The van der Waals surface area contributed by atoms with Crippen molar-refractivity contribution in [1.82, 2.24) is 9.55 Å². The summed E-state index contributed by atoms with van der Waals surface area (Å²) in [6.07, 6.45) is 3.30. The van der Waals surface area contributed by atoms with Crippen molar-refractivity contribution in [2.45, 2.75) is 0 Å². The van der Waals surface area contributed by atoms with Crippen LogP contribution in [0.25, 0.3) is 0 Å². The molecule has 0 N–H and O–H groups in total. The Kier molecular flexibility index (Phi) is 3.15. The van der Waals surface area contributed by atoms with E-state index < -0.39 is 0 Å². The van der Waals surface area contributed by atoms with Crippen molar-refractivity contribution >= 4 is 17.4 Å². The van der Waals surface area contributed by atoms with Crippen LogP contribution in [0.3, 0.4) is 0 Å². The minimum atomic E-state index is -0.165. The van der Waals surface area contributed by atoms with Crippen LogP contribution >= 0.6 is 11.6 Å². The predicted octanol–water partition coefficient (Wildman–Crippen LogP) is 2.31. The number of carbonyl (C=O) groups is 1. The molecule has 0 fully saturated rings. The van der Waals surface area contributed by atoms with E-state index in [9.17, 15) is 4.79 Å². The van der Waals surface area contributed by atoms with Gasteiger partial charge in [-0.3, -0.25) is 4.79 Å². The fourth-order valence-electron chi connectivity index (χ4n) is 1.52. The van der Waals surface area contributed by atoms with Crippen molar-refractivity contribution in [2.24, 2.45) is 7.05 Å². The van der Waals surface area contributed by atoms with E-state index in [0.717, 1.165) is 0 Å². The maximum Gasteiger partial charge on any atom is 0.228 e. The van der Waals surface area contributed by atoms with Crippen LogP contribution in [0.15, 0.2) is 30.6 Å². The summed E-state index contributed by atoms with van der Waals surface area (Å²) in [4.78, 5) is 16.1. The van der Waals surface area contributed by atoms with Crippen molar-refractivity contribution in [3.63, 3.8) is 0 Å². The standard InChI is InChI=1S/C12H11ClN2O2/c1-15-6-5-14-12(15)11(16)8-3-4-10(17-2)9(13)7-8/h3-7H,1-2H3.